The van der Waals surface area contributed by atoms with Crippen LogP contribution in [0.1, 0.15) is 53.9 Å². The summed E-state index contributed by atoms with van der Waals surface area (Å²) >= 11 is 0. The molecule has 218 valence electrons. The van der Waals surface area contributed by atoms with Crippen LogP contribution in [0.4, 0.5) is 4.79 Å². The van der Waals surface area contributed by atoms with Gasteiger partial charge in [0, 0.05) is 92.5 Å². The largest absolute Gasteiger partial charge is 0.465 e. The van der Waals surface area contributed by atoms with E-state index in [0.29, 0.717) is 22.3 Å². The molecule has 40 heavy (non-hydrogen) atoms. The number of carbonyl (C=O) groups excluding carboxylic acids is 6. The molecular weight excluding hydrogens is 520 g/mol. The third-order valence-corrected chi connectivity index (χ3v) is 7.25. The number of likely N-dealkylation sites (N-methyl/N-ethyl adjacent to an activating group) is 1. The summed E-state index contributed by atoms with van der Waals surface area (Å²) in [6.45, 7) is 8.62. The normalized spacial score (nSPS) is 15.8. The minimum absolute atomic E-state index is 0.0198. The lowest BCUT2D eigenvalue weighted by Crippen LogP contribution is -2.41. The SMILES string of the molecule is CC1=C(C)C(=O)C(C(C)(C)CC(=O)N(C)CCN(CCCC(=O)NCCN2C(=O)C=CC2=O)C(=O)O)=C(C)C1=O. The van der Waals surface area contributed by atoms with Gasteiger partial charge in [-0.2, -0.15) is 0 Å². The van der Waals surface area contributed by atoms with E-state index < -0.39 is 23.3 Å². The monoisotopic (exact) mass is 558 g/mol. The maximum atomic E-state index is 13.0. The summed E-state index contributed by atoms with van der Waals surface area (Å²) in [4.78, 5) is 88.8. The molecule has 0 aromatic carbocycles. The maximum absolute atomic E-state index is 13.0. The Hall–Kier alpha value is -4.09. The fourth-order valence-electron chi connectivity index (χ4n) is 4.69. The Labute approximate surface area is 233 Å². The molecule has 0 saturated heterocycles. The fraction of sp³-hybridized carbons (Fsp3) is 0.536. The van der Waals surface area contributed by atoms with Gasteiger partial charge in [0.2, 0.25) is 11.8 Å². The fourth-order valence-corrected chi connectivity index (χ4v) is 4.69. The first kappa shape index (κ1) is 32.1. The van der Waals surface area contributed by atoms with E-state index in [1.165, 1.54) is 4.90 Å². The highest BCUT2D eigenvalue weighted by atomic mass is 16.4. The third-order valence-electron chi connectivity index (χ3n) is 7.25. The van der Waals surface area contributed by atoms with Gasteiger partial charge in [-0.05, 0) is 27.2 Å². The zero-order valence-electron chi connectivity index (χ0n) is 24.0. The van der Waals surface area contributed by atoms with Gasteiger partial charge in [0.1, 0.15) is 0 Å². The molecule has 0 radical (unpaired) electrons. The van der Waals surface area contributed by atoms with E-state index in [1.54, 1.807) is 41.7 Å². The van der Waals surface area contributed by atoms with Gasteiger partial charge in [-0.15, -0.1) is 0 Å². The number of ketones is 2. The average Bonchev–Trinajstić information content (AvgIpc) is 3.19. The standard InChI is InChI=1S/C28H38N4O8/c1-17-18(2)26(38)24(19(3)25(17)37)28(4,5)16-23(36)30(6)14-15-31(27(39)40)12-7-8-20(33)29-11-13-32-21(34)9-10-22(32)35/h9-10H,7-8,11-16H2,1-6H3,(H,29,33)(H,39,40). The lowest BCUT2D eigenvalue weighted by atomic mass is 9.71. The van der Waals surface area contributed by atoms with Crippen LogP contribution in [0.5, 0.6) is 0 Å². The summed E-state index contributed by atoms with van der Waals surface area (Å²) in [7, 11) is 1.54. The van der Waals surface area contributed by atoms with Crippen molar-refractivity contribution in [2.24, 2.45) is 5.41 Å². The molecule has 0 atom stereocenters. The molecule has 1 heterocycles. The Morgan fingerprint density at radius 1 is 0.900 bits per heavy atom. The van der Waals surface area contributed by atoms with Gasteiger partial charge >= 0.3 is 6.09 Å². The molecular formula is C28H38N4O8. The number of nitrogens with one attached hydrogen (secondary N) is 1. The van der Waals surface area contributed by atoms with Crippen LogP contribution in [0.25, 0.3) is 0 Å². The zero-order valence-corrected chi connectivity index (χ0v) is 24.0. The zero-order chi connectivity index (χ0) is 30.4. The molecule has 0 unspecified atom stereocenters. The van der Waals surface area contributed by atoms with E-state index in [4.69, 9.17) is 0 Å². The predicted molar refractivity (Wildman–Crippen MR) is 145 cm³/mol. The Morgan fingerprint density at radius 3 is 2.05 bits per heavy atom. The number of hydrogen-bond donors (Lipinski definition) is 2. The van der Waals surface area contributed by atoms with E-state index in [0.717, 1.165) is 22.0 Å². The van der Waals surface area contributed by atoms with Gasteiger partial charge in [0.15, 0.2) is 11.6 Å². The molecule has 0 bridgehead atoms. The molecule has 1 aliphatic carbocycles. The Morgan fingerprint density at radius 2 is 1.48 bits per heavy atom. The molecule has 0 aromatic rings. The Kier molecular flexibility index (Phi) is 10.7. The van der Waals surface area contributed by atoms with Crippen LogP contribution < -0.4 is 5.32 Å². The summed E-state index contributed by atoms with van der Waals surface area (Å²) in [5.74, 6) is -1.96. The van der Waals surface area contributed by atoms with Crippen molar-refractivity contribution in [2.75, 3.05) is 39.8 Å². The third kappa shape index (κ3) is 7.73. The van der Waals surface area contributed by atoms with Gasteiger partial charge < -0.3 is 20.2 Å². The average molecular weight is 559 g/mol. The molecule has 1 aliphatic heterocycles. The molecule has 5 amide bonds. The van der Waals surface area contributed by atoms with Crippen molar-refractivity contribution in [3.8, 4) is 0 Å². The second-order valence-electron chi connectivity index (χ2n) is 10.7. The predicted octanol–water partition coefficient (Wildman–Crippen LogP) is 1.47. The molecule has 0 aromatic heterocycles. The van der Waals surface area contributed by atoms with Crippen molar-refractivity contribution in [3.05, 3.63) is 34.4 Å². The number of rotatable bonds is 13. The Balaban J connectivity index is 1.83. The van der Waals surface area contributed by atoms with Gasteiger partial charge in [0.25, 0.3) is 11.8 Å². The van der Waals surface area contributed by atoms with Crippen LogP contribution >= 0.6 is 0 Å². The minimum atomic E-state index is -1.19. The molecule has 2 rings (SSSR count). The molecule has 0 fully saturated rings. The summed E-state index contributed by atoms with van der Waals surface area (Å²) in [5.41, 5.74) is 0.534. The number of Topliss-reactive ketones (excluding diaryl/α,β-unsaturated/α-hetero) is 2. The van der Waals surface area contributed by atoms with Crippen molar-refractivity contribution < 1.29 is 38.7 Å². The van der Waals surface area contributed by atoms with E-state index in [2.05, 4.69) is 5.32 Å². The molecule has 2 aliphatic rings. The highest BCUT2D eigenvalue weighted by molar-refractivity contribution is 6.25. The summed E-state index contributed by atoms with van der Waals surface area (Å²) in [6.07, 6.45) is 1.37. The highest BCUT2D eigenvalue weighted by Crippen LogP contribution is 2.39. The summed E-state index contributed by atoms with van der Waals surface area (Å²) < 4.78 is 0. The highest BCUT2D eigenvalue weighted by Gasteiger charge is 2.38. The van der Waals surface area contributed by atoms with Crippen LogP contribution in [0.2, 0.25) is 0 Å². The minimum Gasteiger partial charge on any atom is -0.465 e. The first-order chi connectivity index (χ1) is 18.6. The van der Waals surface area contributed by atoms with E-state index in [1.807, 2.05) is 0 Å². The van der Waals surface area contributed by atoms with E-state index >= 15 is 0 Å². The first-order valence-electron chi connectivity index (χ1n) is 13.1. The number of imide groups is 1. The van der Waals surface area contributed by atoms with Crippen molar-refractivity contribution in [3.63, 3.8) is 0 Å². The second kappa shape index (κ2) is 13.3. The topological polar surface area (TPSA) is 161 Å². The number of amides is 5. The number of nitrogens with zero attached hydrogens (tertiary/aromatic N) is 3. The van der Waals surface area contributed by atoms with Crippen molar-refractivity contribution >= 4 is 41.3 Å². The first-order valence-corrected chi connectivity index (χ1v) is 13.1. The number of carbonyl (C=O) groups is 7. The molecule has 2 N–H and O–H groups in total. The molecule has 0 saturated carbocycles. The smallest absolute Gasteiger partial charge is 0.407 e. The second-order valence-corrected chi connectivity index (χ2v) is 10.7. The number of carboxylic acid groups (broad SMARTS) is 1. The van der Waals surface area contributed by atoms with Crippen LogP contribution in [-0.4, -0.2) is 101 Å². The number of allylic oxidation sites excluding steroid dienone is 4. The Bertz CT molecular complexity index is 1190. The van der Waals surface area contributed by atoms with Gasteiger partial charge in [-0.25, -0.2) is 4.79 Å². The van der Waals surface area contributed by atoms with Crippen LogP contribution in [0, 0.1) is 5.41 Å². The van der Waals surface area contributed by atoms with Crippen LogP contribution in [0.3, 0.4) is 0 Å². The summed E-state index contributed by atoms with van der Waals surface area (Å²) in [6, 6.07) is 0. The van der Waals surface area contributed by atoms with Gasteiger partial charge in [0.05, 0.1) is 0 Å². The van der Waals surface area contributed by atoms with E-state index in [9.17, 15) is 38.7 Å². The van der Waals surface area contributed by atoms with Crippen LogP contribution in [-0.2, 0) is 28.8 Å². The summed E-state index contributed by atoms with van der Waals surface area (Å²) in [5, 5.41) is 12.2. The van der Waals surface area contributed by atoms with Crippen molar-refractivity contribution in [1.29, 1.82) is 0 Å². The van der Waals surface area contributed by atoms with E-state index in [-0.39, 0.29) is 75.4 Å². The lowest BCUT2D eigenvalue weighted by molar-refractivity contribution is -0.137. The molecule has 12 heteroatoms. The van der Waals surface area contributed by atoms with Crippen molar-refractivity contribution in [1.82, 2.24) is 20.0 Å². The van der Waals surface area contributed by atoms with Gasteiger partial charge in [-0.1, -0.05) is 13.8 Å². The lowest BCUT2D eigenvalue weighted by Gasteiger charge is -2.33. The maximum Gasteiger partial charge on any atom is 0.407 e. The number of hydrogen-bond acceptors (Lipinski definition) is 7. The molecule has 12 nitrogen and oxygen atoms in total. The quantitative estimate of drug-likeness (QED) is 0.254. The molecule has 0 spiro atoms. The van der Waals surface area contributed by atoms with Crippen LogP contribution in [0.15, 0.2) is 34.4 Å². The van der Waals surface area contributed by atoms with Crippen molar-refractivity contribution in [2.45, 2.75) is 53.9 Å². The van der Waals surface area contributed by atoms with Gasteiger partial charge in [-0.3, -0.25) is 33.7 Å².